The summed E-state index contributed by atoms with van der Waals surface area (Å²) in [6.07, 6.45) is 1.07. The number of rotatable bonds is 5. The third kappa shape index (κ3) is 3.38. The maximum absolute atomic E-state index is 14.0. The van der Waals surface area contributed by atoms with Gasteiger partial charge in [0.05, 0.1) is 4.47 Å². The Balaban J connectivity index is 2.04. The zero-order valence-electron chi connectivity index (χ0n) is 12.0. The molecule has 2 rings (SSSR count). The Bertz CT molecular complexity index is 463. The molecule has 0 aliphatic carbocycles. The Morgan fingerprint density at radius 1 is 1.30 bits per heavy atom. The second-order valence-corrected chi connectivity index (χ2v) is 6.07. The van der Waals surface area contributed by atoms with Crippen LogP contribution in [0.15, 0.2) is 16.6 Å². The third-order valence-electron chi connectivity index (χ3n) is 4.10. The van der Waals surface area contributed by atoms with E-state index in [4.69, 9.17) is 0 Å². The topological polar surface area (TPSA) is 6.48 Å². The van der Waals surface area contributed by atoms with E-state index in [0.29, 0.717) is 17.1 Å². The molecule has 1 aliphatic heterocycles. The van der Waals surface area contributed by atoms with E-state index in [2.05, 4.69) is 39.6 Å². The van der Waals surface area contributed by atoms with Crippen LogP contribution in [0.4, 0.5) is 8.78 Å². The predicted molar refractivity (Wildman–Crippen MR) is 80.7 cm³/mol. The van der Waals surface area contributed by atoms with Crippen LogP contribution in [-0.2, 0) is 6.54 Å². The molecule has 2 nitrogen and oxygen atoms in total. The molecule has 1 unspecified atom stereocenters. The van der Waals surface area contributed by atoms with Gasteiger partial charge in [-0.05, 0) is 47.6 Å². The number of hydrogen-bond donors (Lipinski definition) is 0. The Kier molecular flexibility index (Phi) is 5.52. The lowest BCUT2D eigenvalue weighted by molar-refractivity contribution is 0.207. The van der Waals surface area contributed by atoms with E-state index in [-0.39, 0.29) is 5.56 Å². The zero-order valence-corrected chi connectivity index (χ0v) is 13.6. The minimum Gasteiger partial charge on any atom is -0.300 e. The van der Waals surface area contributed by atoms with Gasteiger partial charge in [0, 0.05) is 31.2 Å². The SMILES string of the molecule is CCN(CC)C1CCN(Cc2c(F)ccc(Br)c2F)C1. The van der Waals surface area contributed by atoms with Gasteiger partial charge in [-0.2, -0.15) is 0 Å². The largest absolute Gasteiger partial charge is 0.300 e. The van der Waals surface area contributed by atoms with Crippen molar-refractivity contribution in [1.82, 2.24) is 9.80 Å². The van der Waals surface area contributed by atoms with Crippen LogP contribution in [0.3, 0.4) is 0 Å². The summed E-state index contributed by atoms with van der Waals surface area (Å²) in [7, 11) is 0. The summed E-state index contributed by atoms with van der Waals surface area (Å²) in [5.41, 5.74) is 0.166. The molecule has 1 saturated heterocycles. The summed E-state index contributed by atoms with van der Waals surface area (Å²) in [6.45, 7) is 8.47. The summed E-state index contributed by atoms with van der Waals surface area (Å²) >= 11 is 3.12. The fourth-order valence-electron chi connectivity index (χ4n) is 2.93. The van der Waals surface area contributed by atoms with Crippen molar-refractivity contribution < 1.29 is 8.78 Å². The van der Waals surface area contributed by atoms with Gasteiger partial charge >= 0.3 is 0 Å². The van der Waals surface area contributed by atoms with Gasteiger partial charge in [0.1, 0.15) is 11.6 Å². The van der Waals surface area contributed by atoms with Crippen molar-refractivity contribution in [2.75, 3.05) is 26.2 Å². The van der Waals surface area contributed by atoms with Crippen molar-refractivity contribution in [3.8, 4) is 0 Å². The van der Waals surface area contributed by atoms with Crippen LogP contribution in [0.25, 0.3) is 0 Å². The number of hydrogen-bond acceptors (Lipinski definition) is 2. The highest BCUT2D eigenvalue weighted by Crippen LogP contribution is 2.25. The zero-order chi connectivity index (χ0) is 14.7. The minimum atomic E-state index is -0.476. The van der Waals surface area contributed by atoms with Gasteiger partial charge in [-0.3, -0.25) is 9.80 Å². The lowest BCUT2D eigenvalue weighted by Gasteiger charge is -2.26. The normalized spacial score (nSPS) is 20.0. The molecule has 0 amide bonds. The van der Waals surface area contributed by atoms with Crippen molar-refractivity contribution in [3.05, 3.63) is 33.8 Å². The van der Waals surface area contributed by atoms with Gasteiger partial charge in [-0.1, -0.05) is 13.8 Å². The maximum Gasteiger partial charge on any atom is 0.144 e. The second-order valence-electron chi connectivity index (χ2n) is 5.22. The van der Waals surface area contributed by atoms with E-state index >= 15 is 0 Å². The summed E-state index contributed by atoms with van der Waals surface area (Å²) < 4.78 is 28.1. The van der Waals surface area contributed by atoms with E-state index < -0.39 is 11.6 Å². The van der Waals surface area contributed by atoms with Crippen molar-refractivity contribution in [2.45, 2.75) is 32.9 Å². The molecule has 5 heteroatoms. The smallest absolute Gasteiger partial charge is 0.144 e. The third-order valence-corrected chi connectivity index (χ3v) is 4.71. The highest BCUT2D eigenvalue weighted by molar-refractivity contribution is 9.10. The van der Waals surface area contributed by atoms with E-state index in [1.807, 2.05) is 0 Å². The Morgan fingerprint density at radius 3 is 2.65 bits per heavy atom. The van der Waals surface area contributed by atoms with Crippen molar-refractivity contribution in [2.24, 2.45) is 0 Å². The van der Waals surface area contributed by atoms with Crippen molar-refractivity contribution >= 4 is 15.9 Å². The molecule has 1 fully saturated rings. The fourth-order valence-corrected chi connectivity index (χ4v) is 3.30. The predicted octanol–water partition coefficient (Wildman–Crippen LogP) is 3.64. The first-order valence-corrected chi connectivity index (χ1v) is 7.94. The van der Waals surface area contributed by atoms with Crippen LogP contribution in [-0.4, -0.2) is 42.0 Å². The van der Waals surface area contributed by atoms with Crippen LogP contribution in [0, 0.1) is 11.6 Å². The summed E-state index contributed by atoms with van der Waals surface area (Å²) in [5.74, 6) is -0.937. The van der Waals surface area contributed by atoms with Gasteiger partial charge in [0.25, 0.3) is 0 Å². The first-order valence-electron chi connectivity index (χ1n) is 7.15. The molecular formula is C15H21BrF2N2. The lowest BCUT2D eigenvalue weighted by atomic mass is 10.2. The van der Waals surface area contributed by atoms with E-state index in [1.165, 1.54) is 12.1 Å². The highest BCUT2D eigenvalue weighted by atomic mass is 79.9. The Morgan fingerprint density at radius 2 is 2.00 bits per heavy atom. The van der Waals surface area contributed by atoms with Gasteiger partial charge in [-0.15, -0.1) is 0 Å². The minimum absolute atomic E-state index is 0.166. The molecule has 112 valence electrons. The van der Waals surface area contributed by atoms with Crippen LogP contribution < -0.4 is 0 Å². The number of likely N-dealkylation sites (tertiary alicyclic amines) is 1. The number of nitrogens with zero attached hydrogens (tertiary/aromatic N) is 2. The van der Waals surface area contributed by atoms with Crippen molar-refractivity contribution in [3.63, 3.8) is 0 Å². The molecule has 1 heterocycles. The molecule has 20 heavy (non-hydrogen) atoms. The Labute approximate surface area is 127 Å². The van der Waals surface area contributed by atoms with Gasteiger partial charge < -0.3 is 0 Å². The summed E-state index contributed by atoms with van der Waals surface area (Å²) in [5, 5.41) is 0. The van der Waals surface area contributed by atoms with Crippen LogP contribution >= 0.6 is 15.9 Å². The van der Waals surface area contributed by atoms with Crippen molar-refractivity contribution in [1.29, 1.82) is 0 Å². The molecule has 1 aliphatic rings. The molecule has 1 aromatic rings. The standard InChI is InChI=1S/C15H21BrF2N2/c1-3-20(4-2)11-7-8-19(9-11)10-12-14(17)6-5-13(16)15(12)18/h5-6,11H,3-4,7-10H2,1-2H3. The van der Waals surface area contributed by atoms with Crippen LogP contribution in [0.5, 0.6) is 0 Å². The number of benzene rings is 1. The summed E-state index contributed by atoms with van der Waals surface area (Å²) in [6, 6.07) is 3.24. The first kappa shape index (κ1) is 15.9. The molecular weight excluding hydrogens is 326 g/mol. The number of halogens is 3. The summed E-state index contributed by atoms with van der Waals surface area (Å²) in [4.78, 5) is 4.55. The lowest BCUT2D eigenvalue weighted by Crippen LogP contribution is -2.37. The quantitative estimate of drug-likeness (QED) is 0.751. The van der Waals surface area contributed by atoms with E-state index in [1.54, 1.807) is 0 Å². The van der Waals surface area contributed by atoms with Crippen LogP contribution in [0.1, 0.15) is 25.8 Å². The van der Waals surface area contributed by atoms with Gasteiger partial charge in [-0.25, -0.2) is 8.78 Å². The fraction of sp³-hybridized carbons (Fsp3) is 0.600. The molecule has 0 aromatic heterocycles. The van der Waals surface area contributed by atoms with Gasteiger partial charge in [0.2, 0.25) is 0 Å². The van der Waals surface area contributed by atoms with Crippen LogP contribution in [0.2, 0.25) is 0 Å². The highest BCUT2D eigenvalue weighted by Gasteiger charge is 2.27. The second kappa shape index (κ2) is 6.96. The molecule has 1 atom stereocenters. The first-order chi connectivity index (χ1) is 9.56. The number of likely N-dealkylation sites (N-methyl/N-ethyl adjacent to an activating group) is 1. The average Bonchev–Trinajstić information content (AvgIpc) is 2.89. The molecule has 0 bridgehead atoms. The van der Waals surface area contributed by atoms with Gasteiger partial charge in [0.15, 0.2) is 0 Å². The molecule has 0 saturated carbocycles. The molecule has 0 radical (unpaired) electrons. The van der Waals surface area contributed by atoms with E-state index in [0.717, 1.165) is 32.6 Å². The Hall–Kier alpha value is -0.520. The molecule has 0 spiro atoms. The monoisotopic (exact) mass is 346 g/mol. The molecule has 1 aromatic carbocycles. The average molecular weight is 347 g/mol. The van der Waals surface area contributed by atoms with E-state index in [9.17, 15) is 8.78 Å². The maximum atomic E-state index is 14.0. The molecule has 0 N–H and O–H groups in total.